The maximum Gasteiger partial charge on any atom is 0.697 e. The van der Waals surface area contributed by atoms with Crippen molar-refractivity contribution in [2.75, 3.05) is 6.61 Å². The van der Waals surface area contributed by atoms with Gasteiger partial charge in [-0.25, -0.2) is 0 Å². The quantitative estimate of drug-likeness (QED) is 0.232. The summed E-state index contributed by atoms with van der Waals surface area (Å²) in [5.74, 6) is 0.511. The van der Waals surface area contributed by atoms with Crippen LogP contribution in [0, 0.1) is 46.8 Å². The van der Waals surface area contributed by atoms with Crippen molar-refractivity contribution in [1.82, 2.24) is 0 Å². The Morgan fingerprint density at radius 1 is 0.952 bits per heavy atom. The van der Waals surface area contributed by atoms with Gasteiger partial charge in [0.15, 0.2) is 0 Å². The first kappa shape index (κ1) is 24.6. The first-order valence-corrected chi connectivity index (χ1v) is 9.50. The summed E-state index contributed by atoms with van der Waals surface area (Å²) in [4.78, 5) is 0. The minimum absolute atomic E-state index is 0. The summed E-state index contributed by atoms with van der Waals surface area (Å²) in [6.07, 6.45) is 10.5. The molecular formula is C16H34NdO3P+. The molecule has 0 rings (SSSR count). The average molecular weight is 450 g/mol. The van der Waals surface area contributed by atoms with Crippen LogP contribution < -0.4 is 0 Å². The number of rotatable bonds is 14. The molecule has 0 aromatic rings. The molecule has 0 amide bonds. The second-order valence-corrected chi connectivity index (χ2v) is 6.62. The van der Waals surface area contributed by atoms with Crippen LogP contribution >= 0.6 is 8.25 Å². The van der Waals surface area contributed by atoms with Crippen LogP contribution in [-0.4, -0.2) is 12.7 Å². The predicted octanol–water partition coefficient (Wildman–Crippen LogP) is 6.25. The van der Waals surface area contributed by atoms with Crippen LogP contribution in [0.3, 0.4) is 0 Å². The van der Waals surface area contributed by atoms with Crippen LogP contribution in [-0.2, 0) is 13.6 Å². The summed E-state index contributed by atoms with van der Waals surface area (Å²) < 4.78 is 22.5. The summed E-state index contributed by atoms with van der Waals surface area (Å²) in [7, 11) is -1.95. The van der Waals surface area contributed by atoms with Gasteiger partial charge in [0.1, 0.15) is 12.7 Å². The Morgan fingerprint density at radius 3 is 2.19 bits per heavy atom. The summed E-state index contributed by atoms with van der Waals surface area (Å²) in [6.45, 7) is 9.10. The smallest absolute Gasteiger partial charge is 0.119 e. The standard InChI is InChI=1S/C16H34O3P.Nd/c1-5-8-10-11-12-15(4)19-20(17)18-14-16(7-3)13-9-6-2;/h15-16H,5-14H2,1-4H3;/q+1;. The summed E-state index contributed by atoms with van der Waals surface area (Å²) >= 11 is 0. The maximum atomic E-state index is 11.7. The average Bonchev–Trinajstić information content (AvgIpc) is 2.44. The Labute approximate surface area is 165 Å². The van der Waals surface area contributed by atoms with Crippen LogP contribution in [0.5, 0.6) is 0 Å². The zero-order valence-corrected chi connectivity index (χ0v) is 18.5. The summed E-state index contributed by atoms with van der Waals surface area (Å²) in [6, 6.07) is 0. The van der Waals surface area contributed by atoms with Crippen molar-refractivity contribution in [2.45, 2.75) is 91.6 Å². The van der Waals surface area contributed by atoms with E-state index in [1.165, 1.54) is 32.1 Å². The fourth-order valence-corrected chi connectivity index (χ4v) is 2.95. The van der Waals surface area contributed by atoms with Crippen LogP contribution in [0.25, 0.3) is 0 Å². The molecule has 124 valence electrons. The molecule has 3 unspecified atom stereocenters. The minimum Gasteiger partial charge on any atom is -0.119 e. The molecule has 0 heterocycles. The maximum absolute atomic E-state index is 11.7. The Hall–Kier alpha value is 1.37. The predicted molar refractivity (Wildman–Crippen MR) is 86.2 cm³/mol. The van der Waals surface area contributed by atoms with Crippen LogP contribution in [0.4, 0.5) is 0 Å². The van der Waals surface area contributed by atoms with E-state index in [-0.39, 0.29) is 46.9 Å². The molecule has 21 heavy (non-hydrogen) atoms. The number of hydrogen-bond acceptors (Lipinski definition) is 3. The van der Waals surface area contributed by atoms with E-state index in [4.69, 9.17) is 9.05 Å². The molecule has 0 radical (unpaired) electrons. The first-order valence-electron chi connectivity index (χ1n) is 8.40. The van der Waals surface area contributed by atoms with E-state index < -0.39 is 8.25 Å². The van der Waals surface area contributed by atoms with E-state index in [0.717, 1.165) is 25.7 Å². The molecule has 0 saturated carbocycles. The van der Waals surface area contributed by atoms with Gasteiger partial charge < -0.3 is 0 Å². The van der Waals surface area contributed by atoms with Gasteiger partial charge in [-0.15, -0.1) is 9.05 Å². The van der Waals surface area contributed by atoms with E-state index in [9.17, 15) is 4.57 Å². The third-order valence-corrected chi connectivity index (χ3v) is 4.58. The molecule has 0 bridgehead atoms. The van der Waals surface area contributed by atoms with Gasteiger partial charge in [-0.05, 0) is 25.7 Å². The molecule has 0 aliphatic carbocycles. The largest absolute Gasteiger partial charge is 0.697 e. The second kappa shape index (κ2) is 17.7. The van der Waals surface area contributed by atoms with Crippen molar-refractivity contribution >= 4 is 8.25 Å². The molecule has 0 aromatic carbocycles. The molecule has 3 nitrogen and oxygen atoms in total. The monoisotopic (exact) mass is 447 g/mol. The third-order valence-electron chi connectivity index (χ3n) is 3.69. The zero-order chi connectivity index (χ0) is 15.2. The van der Waals surface area contributed by atoms with Gasteiger partial charge >= 0.3 is 8.25 Å². The summed E-state index contributed by atoms with van der Waals surface area (Å²) in [5, 5.41) is 0. The molecule has 5 heteroatoms. The number of unbranched alkanes of at least 4 members (excludes halogenated alkanes) is 4. The van der Waals surface area contributed by atoms with Crippen molar-refractivity contribution in [3.63, 3.8) is 0 Å². The van der Waals surface area contributed by atoms with E-state index in [0.29, 0.717) is 12.5 Å². The molecule has 0 aromatic heterocycles. The Morgan fingerprint density at radius 2 is 1.62 bits per heavy atom. The molecule has 0 saturated heterocycles. The molecular weight excluding hydrogens is 415 g/mol. The van der Waals surface area contributed by atoms with Gasteiger partial charge in [-0.1, -0.05) is 65.7 Å². The van der Waals surface area contributed by atoms with Gasteiger partial charge in [0.2, 0.25) is 0 Å². The van der Waals surface area contributed by atoms with E-state index in [1.807, 2.05) is 6.92 Å². The van der Waals surface area contributed by atoms with E-state index in [2.05, 4.69) is 20.8 Å². The molecule has 0 spiro atoms. The zero-order valence-electron chi connectivity index (χ0n) is 14.4. The fraction of sp³-hybridized carbons (Fsp3) is 1.00. The number of hydrogen-bond donors (Lipinski definition) is 0. The third kappa shape index (κ3) is 16.0. The SMILES string of the molecule is CCCCCCC(C)O[P+](=O)OCC(CC)CCCC.[Nd]. The van der Waals surface area contributed by atoms with Gasteiger partial charge in [-0.3, -0.25) is 0 Å². The Kier molecular flexibility index (Phi) is 20.8. The van der Waals surface area contributed by atoms with Gasteiger partial charge in [0.05, 0.1) is 0 Å². The fourth-order valence-electron chi connectivity index (χ4n) is 2.15. The Balaban J connectivity index is 0. The normalized spacial score (nSPS) is 14.4. The van der Waals surface area contributed by atoms with E-state index in [1.54, 1.807) is 0 Å². The van der Waals surface area contributed by atoms with Crippen molar-refractivity contribution in [1.29, 1.82) is 0 Å². The van der Waals surface area contributed by atoms with Gasteiger partial charge in [-0.2, -0.15) is 0 Å². The van der Waals surface area contributed by atoms with Crippen LogP contribution in [0.1, 0.15) is 85.5 Å². The van der Waals surface area contributed by atoms with Crippen molar-refractivity contribution in [3.8, 4) is 0 Å². The molecule has 3 atom stereocenters. The van der Waals surface area contributed by atoms with Crippen LogP contribution in [0.2, 0.25) is 0 Å². The van der Waals surface area contributed by atoms with Crippen molar-refractivity contribution in [3.05, 3.63) is 0 Å². The second-order valence-electron chi connectivity index (χ2n) is 5.70. The minimum atomic E-state index is -1.95. The first-order chi connectivity index (χ1) is 9.63. The van der Waals surface area contributed by atoms with Gasteiger partial charge in [0.25, 0.3) is 0 Å². The Bertz CT molecular complexity index is 240. The molecule has 0 N–H and O–H groups in total. The van der Waals surface area contributed by atoms with Crippen LogP contribution in [0.15, 0.2) is 0 Å². The molecule has 0 aliphatic rings. The van der Waals surface area contributed by atoms with Crippen molar-refractivity contribution < 1.29 is 54.5 Å². The van der Waals surface area contributed by atoms with Crippen molar-refractivity contribution in [2.24, 2.45) is 5.92 Å². The summed E-state index contributed by atoms with van der Waals surface area (Å²) in [5.41, 5.74) is 0. The molecule has 0 aliphatic heterocycles. The topological polar surface area (TPSA) is 35.5 Å². The van der Waals surface area contributed by atoms with E-state index >= 15 is 0 Å². The molecule has 0 fully saturated rings. The van der Waals surface area contributed by atoms with Gasteiger partial charge in [0, 0.05) is 45.4 Å².